The second-order valence-corrected chi connectivity index (χ2v) is 10.5. The van der Waals surface area contributed by atoms with E-state index < -0.39 is 6.36 Å². The molecular weight excluding hydrogens is 499 g/mol. The summed E-state index contributed by atoms with van der Waals surface area (Å²) in [6, 6.07) is 21.5. The molecule has 39 heavy (non-hydrogen) atoms. The molecule has 3 aromatic carbocycles. The van der Waals surface area contributed by atoms with Gasteiger partial charge in [-0.05, 0) is 48.2 Å². The number of ether oxygens (including phenoxy) is 1. The van der Waals surface area contributed by atoms with Crippen LogP contribution in [0.2, 0.25) is 0 Å². The Labute approximate surface area is 228 Å². The van der Waals surface area contributed by atoms with Gasteiger partial charge in [0.15, 0.2) is 0 Å². The largest absolute Gasteiger partial charge is 0.573 e. The average Bonchev–Trinajstić information content (AvgIpc) is 3.29. The van der Waals surface area contributed by atoms with Crippen LogP contribution < -0.4 is 4.74 Å². The van der Waals surface area contributed by atoms with Crippen LogP contribution in [-0.4, -0.2) is 46.9 Å². The first-order chi connectivity index (χ1) is 18.8. The Morgan fingerprint density at radius 1 is 0.821 bits per heavy atom. The molecule has 0 spiro atoms. The number of benzene rings is 3. The van der Waals surface area contributed by atoms with Crippen LogP contribution in [-0.2, 0) is 19.6 Å². The Balaban J connectivity index is 1.36. The Kier molecular flexibility index (Phi) is 8.29. The fraction of sp³-hybridized carbons (Fsp3) is 0.375. The fourth-order valence-corrected chi connectivity index (χ4v) is 5.43. The fourth-order valence-electron chi connectivity index (χ4n) is 5.43. The third-order valence-electron chi connectivity index (χ3n) is 7.53. The number of alkyl halides is 3. The molecule has 0 aliphatic carbocycles. The van der Waals surface area contributed by atoms with E-state index in [9.17, 15) is 13.2 Å². The molecule has 1 aromatic heterocycles. The number of rotatable bonds is 9. The van der Waals surface area contributed by atoms with Crippen molar-refractivity contribution in [3.05, 3.63) is 89.6 Å². The zero-order valence-corrected chi connectivity index (χ0v) is 22.7. The van der Waals surface area contributed by atoms with Gasteiger partial charge in [0.2, 0.25) is 0 Å². The second-order valence-electron chi connectivity index (χ2n) is 10.5. The van der Waals surface area contributed by atoms with Crippen molar-refractivity contribution in [3.8, 4) is 16.9 Å². The third-order valence-corrected chi connectivity index (χ3v) is 7.53. The summed E-state index contributed by atoms with van der Waals surface area (Å²) in [5.41, 5.74) is 6.99. The molecule has 206 valence electrons. The Morgan fingerprint density at radius 3 is 2.13 bits per heavy atom. The highest BCUT2D eigenvalue weighted by atomic mass is 19.4. The molecule has 1 saturated heterocycles. The van der Waals surface area contributed by atoms with Crippen LogP contribution in [0.25, 0.3) is 22.0 Å². The number of piperazine rings is 1. The van der Waals surface area contributed by atoms with Crippen molar-refractivity contribution in [1.82, 2.24) is 14.4 Å². The maximum Gasteiger partial charge on any atom is 0.573 e. The molecule has 0 bridgehead atoms. The summed E-state index contributed by atoms with van der Waals surface area (Å²) < 4.78 is 44.4. The molecule has 4 nitrogen and oxygen atoms in total. The van der Waals surface area contributed by atoms with Crippen molar-refractivity contribution in [1.29, 1.82) is 0 Å². The summed E-state index contributed by atoms with van der Waals surface area (Å²) >= 11 is 0. The van der Waals surface area contributed by atoms with Gasteiger partial charge in [0.25, 0.3) is 0 Å². The topological polar surface area (TPSA) is 20.6 Å². The van der Waals surface area contributed by atoms with Gasteiger partial charge in [0.05, 0.1) is 0 Å². The van der Waals surface area contributed by atoms with Crippen molar-refractivity contribution in [2.24, 2.45) is 0 Å². The number of hydrogen-bond acceptors (Lipinski definition) is 3. The van der Waals surface area contributed by atoms with E-state index in [2.05, 4.69) is 81.6 Å². The summed E-state index contributed by atoms with van der Waals surface area (Å²) in [5, 5.41) is 1.18. The van der Waals surface area contributed by atoms with E-state index >= 15 is 0 Å². The van der Waals surface area contributed by atoms with Crippen LogP contribution in [0.1, 0.15) is 36.5 Å². The smallest absolute Gasteiger partial charge is 0.406 e. The maximum absolute atomic E-state index is 12.7. The first-order valence-corrected chi connectivity index (χ1v) is 13.8. The molecule has 0 N–H and O–H groups in total. The van der Waals surface area contributed by atoms with E-state index in [1.165, 1.54) is 39.7 Å². The van der Waals surface area contributed by atoms with Gasteiger partial charge in [-0.1, -0.05) is 67.4 Å². The lowest BCUT2D eigenvalue weighted by molar-refractivity contribution is -0.274. The number of aryl methyl sites for hydroxylation is 2. The average molecular weight is 536 g/mol. The molecule has 0 radical (unpaired) electrons. The van der Waals surface area contributed by atoms with Gasteiger partial charge in [-0.15, -0.1) is 13.2 Å². The monoisotopic (exact) mass is 535 g/mol. The molecule has 0 atom stereocenters. The molecule has 2 heterocycles. The molecule has 0 amide bonds. The van der Waals surface area contributed by atoms with Crippen molar-refractivity contribution < 1.29 is 17.9 Å². The van der Waals surface area contributed by atoms with Crippen LogP contribution >= 0.6 is 0 Å². The number of nitrogens with zero attached hydrogens (tertiary/aromatic N) is 3. The van der Waals surface area contributed by atoms with Crippen molar-refractivity contribution in [2.75, 3.05) is 26.2 Å². The Bertz CT molecular complexity index is 1370. The summed E-state index contributed by atoms with van der Waals surface area (Å²) in [7, 11) is 0. The van der Waals surface area contributed by atoms with Gasteiger partial charge in [-0.3, -0.25) is 9.80 Å². The molecule has 5 rings (SSSR count). The summed E-state index contributed by atoms with van der Waals surface area (Å²) in [4.78, 5) is 5.02. The summed E-state index contributed by atoms with van der Waals surface area (Å²) in [5.74, 6) is -0.204. The van der Waals surface area contributed by atoms with Gasteiger partial charge in [-0.25, -0.2) is 0 Å². The van der Waals surface area contributed by atoms with Crippen LogP contribution in [0.3, 0.4) is 0 Å². The normalized spacial score (nSPS) is 15.2. The lowest BCUT2D eigenvalue weighted by Gasteiger charge is -2.35. The van der Waals surface area contributed by atoms with Gasteiger partial charge >= 0.3 is 6.36 Å². The molecule has 1 aliphatic heterocycles. The van der Waals surface area contributed by atoms with Crippen molar-refractivity contribution in [2.45, 2.75) is 52.7 Å². The zero-order valence-electron chi connectivity index (χ0n) is 22.7. The standard InChI is InChI=1S/C32H36F3N3O/c1-3-4-16-38-23-29(26-12-14-28(15-13-26)39-32(33,34)35)31-27(6-5-7-30(31)38)22-37-19-17-36(18-20-37)21-25-10-8-24(2)9-11-25/h5-15,23H,3-4,16-22H2,1-2H3. The minimum Gasteiger partial charge on any atom is -0.406 e. The van der Waals surface area contributed by atoms with E-state index in [1.807, 2.05) is 0 Å². The number of hydrogen-bond donors (Lipinski definition) is 0. The minimum absolute atomic E-state index is 0.204. The first-order valence-electron chi connectivity index (χ1n) is 13.8. The SMILES string of the molecule is CCCCn1cc(-c2ccc(OC(F)(F)F)cc2)c2c(CN3CCN(Cc4ccc(C)cc4)CC3)cccc21. The number of fused-ring (bicyclic) bond motifs is 1. The quantitative estimate of drug-likeness (QED) is 0.220. The Hall–Kier alpha value is -3.29. The van der Waals surface area contributed by atoms with E-state index in [4.69, 9.17) is 0 Å². The molecule has 0 saturated carbocycles. The van der Waals surface area contributed by atoms with E-state index in [-0.39, 0.29) is 5.75 Å². The highest BCUT2D eigenvalue weighted by molar-refractivity contribution is 5.98. The number of halogens is 3. The van der Waals surface area contributed by atoms with Crippen LogP contribution in [0.5, 0.6) is 5.75 Å². The van der Waals surface area contributed by atoms with E-state index in [1.54, 1.807) is 12.1 Å². The van der Waals surface area contributed by atoms with Crippen LogP contribution in [0.4, 0.5) is 13.2 Å². The lowest BCUT2D eigenvalue weighted by Crippen LogP contribution is -2.45. The van der Waals surface area contributed by atoms with E-state index in [0.29, 0.717) is 0 Å². The second kappa shape index (κ2) is 11.8. The molecule has 1 fully saturated rings. The number of unbranched alkanes of at least 4 members (excludes halogenated alkanes) is 1. The highest BCUT2D eigenvalue weighted by Crippen LogP contribution is 2.35. The van der Waals surface area contributed by atoms with Crippen LogP contribution in [0, 0.1) is 6.92 Å². The predicted octanol–water partition coefficient (Wildman–Crippen LogP) is 7.63. The Morgan fingerprint density at radius 2 is 1.49 bits per heavy atom. The van der Waals surface area contributed by atoms with Crippen molar-refractivity contribution in [3.63, 3.8) is 0 Å². The zero-order chi connectivity index (χ0) is 27.4. The van der Waals surface area contributed by atoms with Gasteiger partial charge in [0, 0.05) is 68.5 Å². The van der Waals surface area contributed by atoms with Gasteiger partial charge < -0.3 is 9.30 Å². The number of aromatic nitrogens is 1. The molecular formula is C32H36F3N3O. The van der Waals surface area contributed by atoms with Gasteiger partial charge in [0.1, 0.15) is 5.75 Å². The predicted molar refractivity (Wildman–Crippen MR) is 151 cm³/mol. The van der Waals surface area contributed by atoms with Crippen molar-refractivity contribution >= 4 is 10.9 Å². The molecule has 4 aromatic rings. The minimum atomic E-state index is -4.70. The van der Waals surface area contributed by atoms with E-state index in [0.717, 1.165) is 69.8 Å². The highest BCUT2D eigenvalue weighted by Gasteiger charge is 2.31. The maximum atomic E-state index is 12.7. The van der Waals surface area contributed by atoms with Gasteiger partial charge in [-0.2, -0.15) is 0 Å². The summed E-state index contributed by atoms with van der Waals surface area (Å²) in [6.07, 6.45) is -0.391. The summed E-state index contributed by atoms with van der Waals surface area (Å²) in [6.45, 7) is 11.1. The molecule has 7 heteroatoms. The molecule has 0 unspecified atom stereocenters. The lowest BCUT2D eigenvalue weighted by atomic mass is 10.00. The third kappa shape index (κ3) is 6.84. The molecule has 1 aliphatic rings. The van der Waals surface area contributed by atoms with Crippen LogP contribution in [0.15, 0.2) is 72.9 Å². The first kappa shape index (κ1) is 27.3.